The van der Waals surface area contributed by atoms with Gasteiger partial charge in [-0.2, -0.15) is 0 Å². The lowest BCUT2D eigenvalue weighted by atomic mass is 10.1. The number of nitrogens with one attached hydrogen (secondary N) is 1. The van der Waals surface area contributed by atoms with E-state index in [1.807, 2.05) is 30.5 Å². The van der Waals surface area contributed by atoms with Crippen molar-refractivity contribution in [3.63, 3.8) is 0 Å². The molecule has 1 fully saturated rings. The SMILES string of the molecule is CCc1ccc(CN(CC(=O)Nc2ccc(SC)cc2)C2CC2)cc1. The average Bonchev–Trinajstić information content (AvgIpc) is 3.47. The van der Waals surface area contributed by atoms with Crippen molar-refractivity contribution in [2.45, 2.75) is 43.7 Å². The second-order valence-electron chi connectivity index (χ2n) is 6.58. The van der Waals surface area contributed by atoms with Crippen molar-refractivity contribution in [2.24, 2.45) is 0 Å². The van der Waals surface area contributed by atoms with Gasteiger partial charge in [-0.25, -0.2) is 0 Å². The van der Waals surface area contributed by atoms with E-state index in [9.17, 15) is 4.79 Å². The van der Waals surface area contributed by atoms with Crippen LogP contribution in [0.1, 0.15) is 30.9 Å². The normalized spacial score (nSPS) is 13.9. The molecule has 3 nitrogen and oxygen atoms in total. The molecule has 132 valence electrons. The van der Waals surface area contributed by atoms with Gasteiger partial charge < -0.3 is 5.32 Å². The van der Waals surface area contributed by atoms with E-state index in [-0.39, 0.29) is 5.91 Å². The average molecular weight is 355 g/mol. The molecule has 0 aliphatic heterocycles. The molecule has 0 unspecified atom stereocenters. The predicted octanol–water partition coefficient (Wildman–Crippen LogP) is 4.57. The number of amides is 1. The van der Waals surface area contributed by atoms with Gasteiger partial charge >= 0.3 is 0 Å². The lowest BCUT2D eigenvalue weighted by molar-refractivity contribution is -0.117. The number of hydrogen-bond donors (Lipinski definition) is 1. The molecule has 0 spiro atoms. The lowest BCUT2D eigenvalue weighted by Crippen LogP contribution is -2.34. The van der Waals surface area contributed by atoms with Gasteiger partial charge in [0.05, 0.1) is 6.54 Å². The summed E-state index contributed by atoms with van der Waals surface area (Å²) < 4.78 is 0. The molecule has 3 rings (SSSR count). The van der Waals surface area contributed by atoms with Gasteiger partial charge in [0.2, 0.25) is 5.91 Å². The van der Waals surface area contributed by atoms with Crippen LogP contribution in [0.5, 0.6) is 0 Å². The summed E-state index contributed by atoms with van der Waals surface area (Å²) in [4.78, 5) is 15.9. The zero-order chi connectivity index (χ0) is 17.6. The minimum atomic E-state index is 0.0639. The van der Waals surface area contributed by atoms with Crippen molar-refractivity contribution in [3.05, 3.63) is 59.7 Å². The van der Waals surface area contributed by atoms with Crippen molar-refractivity contribution in [1.29, 1.82) is 0 Å². The molecule has 2 aromatic rings. The van der Waals surface area contributed by atoms with Crippen molar-refractivity contribution >= 4 is 23.4 Å². The van der Waals surface area contributed by atoms with E-state index in [0.717, 1.165) is 18.7 Å². The van der Waals surface area contributed by atoms with Crippen molar-refractivity contribution in [2.75, 3.05) is 18.1 Å². The number of anilines is 1. The monoisotopic (exact) mass is 354 g/mol. The molecule has 0 radical (unpaired) electrons. The Morgan fingerprint density at radius 2 is 1.72 bits per heavy atom. The first-order valence-corrected chi connectivity index (χ1v) is 10.2. The highest BCUT2D eigenvalue weighted by molar-refractivity contribution is 7.98. The van der Waals surface area contributed by atoms with Crippen molar-refractivity contribution in [1.82, 2.24) is 4.90 Å². The first-order chi connectivity index (χ1) is 12.2. The second-order valence-corrected chi connectivity index (χ2v) is 7.46. The minimum Gasteiger partial charge on any atom is -0.325 e. The Kier molecular flexibility index (Phi) is 6.16. The van der Waals surface area contributed by atoms with Crippen LogP contribution in [0.15, 0.2) is 53.4 Å². The number of rotatable bonds is 8. The molecule has 0 atom stereocenters. The molecule has 1 amide bonds. The lowest BCUT2D eigenvalue weighted by Gasteiger charge is -2.21. The summed E-state index contributed by atoms with van der Waals surface area (Å²) >= 11 is 1.70. The maximum atomic E-state index is 12.4. The fourth-order valence-electron chi connectivity index (χ4n) is 2.93. The largest absolute Gasteiger partial charge is 0.325 e. The standard InChI is InChI=1S/C21H26N2OS/c1-3-16-4-6-17(7-5-16)14-23(19-10-11-19)15-21(24)22-18-8-12-20(25-2)13-9-18/h4-9,12-13,19H,3,10-11,14-15H2,1-2H3,(H,22,24). The third kappa shape index (κ3) is 5.35. The number of carbonyl (C=O) groups excluding carboxylic acids is 1. The molecule has 4 heteroatoms. The van der Waals surface area contributed by atoms with Gasteiger partial charge in [0.1, 0.15) is 0 Å². The molecule has 0 saturated heterocycles. The van der Waals surface area contributed by atoms with Crippen molar-refractivity contribution < 1.29 is 4.79 Å². The van der Waals surface area contributed by atoms with Gasteiger partial charge in [-0.15, -0.1) is 11.8 Å². The van der Waals surface area contributed by atoms with Crippen LogP contribution in [0, 0.1) is 0 Å². The third-order valence-corrected chi connectivity index (χ3v) is 5.34. The molecule has 0 aromatic heterocycles. The van der Waals surface area contributed by atoms with Gasteiger partial charge in [0.15, 0.2) is 0 Å². The maximum Gasteiger partial charge on any atom is 0.238 e. The number of nitrogens with zero attached hydrogens (tertiary/aromatic N) is 1. The van der Waals surface area contributed by atoms with E-state index < -0.39 is 0 Å². The highest BCUT2D eigenvalue weighted by Gasteiger charge is 2.30. The summed E-state index contributed by atoms with van der Waals surface area (Å²) in [6.45, 7) is 3.46. The fraction of sp³-hybridized carbons (Fsp3) is 0.381. The zero-order valence-electron chi connectivity index (χ0n) is 15.0. The third-order valence-electron chi connectivity index (χ3n) is 4.60. The Labute approximate surface area is 154 Å². The molecule has 2 aromatic carbocycles. The van der Waals surface area contributed by atoms with E-state index in [4.69, 9.17) is 0 Å². The van der Waals surface area contributed by atoms with Crippen LogP contribution in [0.4, 0.5) is 5.69 Å². The maximum absolute atomic E-state index is 12.4. The van der Waals surface area contributed by atoms with E-state index in [0.29, 0.717) is 12.6 Å². The molecule has 1 N–H and O–H groups in total. The molecule has 0 bridgehead atoms. The number of benzene rings is 2. The van der Waals surface area contributed by atoms with Gasteiger partial charge in [0.25, 0.3) is 0 Å². The topological polar surface area (TPSA) is 32.3 Å². The Bertz CT molecular complexity index is 693. The quantitative estimate of drug-likeness (QED) is 0.705. The van der Waals surface area contributed by atoms with Gasteiger partial charge in [-0.1, -0.05) is 31.2 Å². The van der Waals surface area contributed by atoms with Crippen LogP contribution in [-0.2, 0) is 17.8 Å². The summed E-state index contributed by atoms with van der Waals surface area (Å²) in [5.41, 5.74) is 3.50. The van der Waals surface area contributed by atoms with Crippen molar-refractivity contribution in [3.8, 4) is 0 Å². The smallest absolute Gasteiger partial charge is 0.238 e. The van der Waals surface area contributed by atoms with E-state index in [1.54, 1.807) is 11.8 Å². The molecule has 0 heterocycles. The Hall–Kier alpha value is -1.78. The van der Waals surface area contributed by atoms with Crippen LogP contribution in [-0.4, -0.2) is 29.6 Å². The van der Waals surface area contributed by atoms with Crippen LogP contribution in [0.2, 0.25) is 0 Å². The highest BCUT2D eigenvalue weighted by Crippen LogP contribution is 2.28. The molecule has 1 aliphatic rings. The van der Waals surface area contributed by atoms with E-state index in [2.05, 4.69) is 41.4 Å². The highest BCUT2D eigenvalue weighted by atomic mass is 32.2. The van der Waals surface area contributed by atoms with Gasteiger partial charge in [-0.3, -0.25) is 9.69 Å². The summed E-state index contributed by atoms with van der Waals surface area (Å²) in [5.74, 6) is 0.0639. The van der Waals surface area contributed by atoms with E-state index in [1.165, 1.54) is 28.9 Å². The second kappa shape index (κ2) is 8.54. The first kappa shape index (κ1) is 18.0. The number of aryl methyl sites for hydroxylation is 1. The first-order valence-electron chi connectivity index (χ1n) is 8.93. The molecule has 1 saturated carbocycles. The van der Waals surface area contributed by atoms with Gasteiger partial charge in [0, 0.05) is 23.2 Å². The summed E-state index contributed by atoms with van der Waals surface area (Å²) in [7, 11) is 0. The zero-order valence-corrected chi connectivity index (χ0v) is 15.8. The van der Waals surface area contributed by atoms with Crippen LogP contribution >= 0.6 is 11.8 Å². The number of thioether (sulfide) groups is 1. The molecular formula is C21H26N2OS. The Balaban J connectivity index is 1.57. The van der Waals surface area contributed by atoms with Gasteiger partial charge in [-0.05, 0) is 60.9 Å². The predicted molar refractivity (Wildman–Crippen MR) is 106 cm³/mol. The van der Waals surface area contributed by atoms with Crippen LogP contribution < -0.4 is 5.32 Å². The fourth-order valence-corrected chi connectivity index (χ4v) is 3.34. The molecule has 1 aliphatic carbocycles. The summed E-state index contributed by atoms with van der Waals surface area (Å²) in [6, 6.07) is 17.3. The Morgan fingerprint density at radius 1 is 1.08 bits per heavy atom. The van der Waals surface area contributed by atoms with E-state index >= 15 is 0 Å². The molecular weight excluding hydrogens is 328 g/mol. The summed E-state index contributed by atoms with van der Waals surface area (Å²) in [5, 5.41) is 3.02. The number of hydrogen-bond acceptors (Lipinski definition) is 3. The Morgan fingerprint density at radius 3 is 2.28 bits per heavy atom. The van der Waals surface area contributed by atoms with Crippen LogP contribution in [0.25, 0.3) is 0 Å². The number of carbonyl (C=O) groups is 1. The van der Waals surface area contributed by atoms with Crippen LogP contribution in [0.3, 0.4) is 0 Å². The minimum absolute atomic E-state index is 0.0639. The summed E-state index contributed by atoms with van der Waals surface area (Å²) in [6.07, 6.45) is 5.50. The molecule has 25 heavy (non-hydrogen) atoms.